The Morgan fingerprint density at radius 1 is 1.16 bits per heavy atom. The number of aromatic nitrogens is 2. The van der Waals surface area contributed by atoms with Crippen molar-refractivity contribution < 1.29 is 14.3 Å². The summed E-state index contributed by atoms with van der Waals surface area (Å²) in [6.45, 7) is 7.81. The number of benzene rings is 2. The van der Waals surface area contributed by atoms with Crippen molar-refractivity contribution in [2.45, 2.75) is 51.7 Å². The van der Waals surface area contributed by atoms with Crippen molar-refractivity contribution in [3.8, 4) is 16.9 Å². The van der Waals surface area contributed by atoms with Crippen LogP contribution in [-0.2, 0) is 16.0 Å². The normalized spacial score (nSPS) is 21.6. The van der Waals surface area contributed by atoms with E-state index in [1.165, 1.54) is 5.56 Å². The van der Waals surface area contributed by atoms with E-state index in [1.54, 1.807) is 6.08 Å². The molecule has 7 rings (SSSR count). The van der Waals surface area contributed by atoms with E-state index in [4.69, 9.17) is 26.2 Å². The fourth-order valence-electron chi connectivity index (χ4n) is 7.42. The van der Waals surface area contributed by atoms with Crippen molar-refractivity contribution in [2.24, 2.45) is 5.41 Å². The van der Waals surface area contributed by atoms with E-state index in [1.807, 2.05) is 35.9 Å². The van der Waals surface area contributed by atoms with Crippen molar-refractivity contribution >= 4 is 34.1 Å². The highest BCUT2D eigenvalue weighted by atomic mass is 35.5. The number of nitrogens with zero attached hydrogens (tertiary/aromatic N) is 5. The van der Waals surface area contributed by atoms with Crippen molar-refractivity contribution in [2.75, 3.05) is 64.9 Å². The summed E-state index contributed by atoms with van der Waals surface area (Å²) < 4.78 is 14.5. The van der Waals surface area contributed by atoms with Gasteiger partial charge in [-0.2, -0.15) is 5.10 Å². The SMILES string of the molecule is Cc1ccc2c(cnn2C2CCCCO2)c1-c1c(Cl)c(N2CCC3(CN(C(=O)/C=C/CN(C)C)C3)C2)cc2c1OCCC2. The highest BCUT2D eigenvalue weighted by Gasteiger charge is 2.49. The number of fused-ring (bicyclic) bond motifs is 2. The molecular weight excluding hydrogens is 562 g/mol. The maximum atomic E-state index is 12.7. The van der Waals surface area contributed by atoms with E-state index >= 15 is 0 Å². The summed E-state index contributed by atoms with van der Waals surface area (Å²) in [5, 5.41) is 6.66. The second-order valence-electron chi connectivity index (χ2n) is 13.2. The van der Waals surface area contributed by atoms with Gasteiger partial charge in [0.2, 0.25) is 5.91 Å². The third kappa shape index (κ3) is 5.21. The third-order valence-electron chi connectivity index (χ3n) is 9.65. The lowest BCUT2D eigenvalue weighted by molar-refractivity contribution is -0.136. The van der Waals surface area contributed by atoms with Crippen molar-refractivity contribution in [3.63, 3.8) is 0 Å². The minimum absolute atomic E-state index is 0.0352. The average molecular weight is 604 g/mol. The molecule has 0 N–H and O–H groups in total. The predicted octanol–water partition coefficient (Wildman–Crippen LogP) is 5.85. The van der Waals surface area contributed by atoms with E-state index in [0.29, 0.717) is 6.61 Å². The topological polar surface area (TPSA) is 63.1 Å². The van der Waals surface area contributed by atoms with Crippen molar-refractivity contribution in [1.82, 2.24) is 19.6 Å². The zero-order valence-corrected chi connectivity index (χ0v) is 26.3. The van der Waals surface area contributed by atoms with Gasteiger partial charge in [0.1, 0.15) is 5.75 Å². The summed E-state index contributed by atoms with van der Waals surface area (Å²) >= 11 is 7.45. The maximum Gasteiger partial charge on any atom is 0.246 e. The zero-order valence-electron chi connectivity index (χ0n) is 25.6. The number of likely N-dealkylation sites (N-methyl/N-ethyl adjacent to an activating group) is 1. The van der Waals surface area contributed by atoms with Gasteiger partial charge in [0.15, 0.2) is 6.23 Å². The molecule has 3 fully saturated rings. The number of carbonyl (C=O) groups is 1. The van der Waals surface area contributed by atoms with Crippen molar-refractivity contribution in [3.05, 3.63) is 52.7 Å². The summed E-state index contributed by atoms with van der Waals surface area (Å²) in [6, 6.07) is 6.60. The van der Waals surface area contributed by atoms with E-state index in [0.717, 1.165) is 122 Å². The second-order valence-corrected chi connectivity index (χ2v) is 13.5. The van der Waals surface area contributed by atoms with Crippen molar-refractivity contribution in [1.29, 1.82) is 0 Å². The Labute approximate surface area is 259 Å². The molecule has 2 aromatic carbocycles. The summed E-state index contributed by atoms with van der Waals surface area (Å²) in [5.41, 5.74) is 6.72. The van der Waals surface area contributed by atoms with Crippen LogP contribution < -0.4 is 9.64 Å². The average Bonchev–Trinajstić information content (AvgIpc) is 3.62. The number of anilines is 1. The molecule has 1 amide bonds. The Bertz CT molecular complexity index is 1570. The van der Waals surface area contributed by atoms with Crippen LogP contribution in [-0.4, -0.2) is 85.5 Å². The molecule has 1 spiro atoms. The van der Waals surface area contributed by atoms with Crippen LogP contribution in [0, 0.1) is 12.3 Å². The molecule has 0 bridgehead atoms. The maximum absolute atomic E-state index is 12.7. The number of rotatable bonds is 6. The van der Waals surface area contributed by atoms with Gasteiger partial charge in [0.05, 0.1) is 29.0 Å². The largest absolute Gasteiger partial charge is 0.493 e. The van der Waals surface area contributed by atoms with Crippen LogP contribution in [0.5, 0.6) is 5.75 Å². The first-order valence-electron chi connectivity index (χ1n) is 15.8. The predicted molar refractivity (Wildman–Crippen MR) is 171 cm³/mol. The van der Waals surface area contributed by atoms with Gasteiger partial charge in [0, 0.05) is 67.3 Å². The van der Waals surface area contributed by atoms with Gasteiger partial charge in [0.25, 0.3) is 0 Å². The molecule has 1 aromatic heterocycles. The van der Waals surface area contributed by atoms with Gasteiger partial charge in [-0.05, 0) is 82.8 Å². The standard InChI is InChI=1S/C34H42ClN5O3/c1-23-11-12-26-25(19-36-40(26)29-10-4-5-16-42-29)30(23)31-32(35)27(18-24-8-7-17-43-33(24)31)38-15-13-34(20-38)21-39(22-34)28(41)9-6-14-37(2)3/h6,9,11-12,18-19,29H,4-5,7-8,10,13-17,20-22H2,1-3H3/b9-6+. The molecule has 4 aliphatic rings. The van der Waals surface area contributed by atoms with Crippen LogP contribution >= 0.6 is 11.6 Å². The lowest BCUT2D eigenvalue weighted by Crippen LogP contribution is -2.59. The van der Waals surface area contributed by atoms with Crippen LogP contribution in [0.2, 0.25) is 5.02 Å². The minimum Gasteiger partial charge on any atom is -0.493 e. The highest BCUT2D eigenvalue weighted by molar-refractivity contribution is 6.37. The molecule has 1 unspecified atom stereocenters. The first kappa shape index (κ1) is 28.7. The Morgan fingerprint density at radius 3 is 2.81 bits per heavy atom. The Hall–Kier alpha value is -3.07. The van der Waals surface area contributed by atoms with Crippen LogP contribution in [0.3, 0.4) is 0 Å². The monoisotopic (exact) mass is 603 g/mol. The Kier molecular flexibility index (Phi) is 7.64. The molecule has 8 nitrogen and oxygen atoms in total. The lowest BCUT2D eigenvalue weighted by atomic mass is 9.79. The molecule has 5 heterocycles. The quantitative estimate of drug-likeness (QED) is 0.330. The minimum atomic E-state index is -0.0352. The van der Waals surface area contributed by atoms with Gasteiger partial charge >= 0.3 is 0 Å². The number of ether oxygens (including phenoxy) is 2. The molecule has 0 saturated carbocycles. The number of aryl methyl sites for hydroxylation is 2. The molecule has 0 radical (unpaired) electrons. The molecule has 3 saturated heterocycles. The molecular formula is C34H42ClN5O3. The van der Waals surface area contributed by atoms with Crippen LogP contribution in [0.15, 0.2) is 36.5 Å². The third-order valence-corrected chi connectivity index (χ3v) is 10.0. The molecule has 43 heavy (non-hydrogen) atoms. The van der Waals surface area contributed by atoms with E-state index in [2.05, 4.69) is 34.9 Å². The van der Waals surface area contributed by atoms with E-state index in [-0.39, 0.29) is 17.6 Å². The van der Waals surface area contributed by atoms with Crippen LogP contribution in [0.25, 0.3) is 22.0 Å². The van der Waals surface area contributed by atoms with Gasteiger partial charge in [-0.25, -0.2) is 4.68 Å². The fraction of sp³-hybridized carbons (Fsp3) is 0.529. The number of likely N-dealkylation sites (tertiary alicyclic amines) is 1. The van der Waals surface area contributed by atoms with E-state index < -0.39 is 0 Å². The van der Waals surface area contributed by atoms with E-state index in [9.17, 15) is 4.79 Å². The molecule has 4 aliphatic heterocycles. The second kappa shape index (κ2) is 11.5. The number of halogens is 1. The lowest BCUT2D eigenvalue weighted by Gasteiger charge is -2.47. The number of hydrogen-bond acceptors (Lipinski definition) is 6. The molecule has 3 aromatic rings. The summed E-state index contributed by atoms with van der Waals surface area (Å²) in [6.07, 6.45) is 11.9. The highest BCUT2D eigenvalue weighted by Crippen LogP contribution is 2.51. The summed E-state index contributed by atoms with van der Waals surface area (Å²) in [4.78, 5) is 19.2. The molecule has 228 valence electrons. The summed E-state index contributed by atoms with van der Waals surface area (Å²) in [7, 11) is 4.01. The zero-order chi connectivity index (χ0) is 29.7. The van der Waals surface area contributed by atoms with Crippen LogP contribution in [0.1, 0.15) is 49.5 Å². The molecule has 0 aliphatic carbocycles. The summed E-state index contributed by atoms with van der Waals surface area (Å²) in [5.74, 6) is 1.02. The molecule has 1 atom stereocenters. The van der Waals surface area contributed by atoms with Gasteiger partial charge in [-0.3, -0.25) is 4.79 Å². The van der Waals surface area contributed by atoms with Gasteiger partial charge in [-0.15, -0.1) is 0 Å². The van der Waals surface area contributed by atoms with Gasteiger partial charge in [-0.1, -0.05) is 23.7 Å². The number of carbonyl (C=O) groups excluding carboxylic acids is 1. The first-order chi connectivity index (χ1) is 20.8. The fourth-order valence-corrected chi connectivity index (χ4v) is 7.77. The first-order valence-corrected chi connectivity index (χ1v) is 16.1. The number of amides is 1. The number of hydrogen-bond donors (Lipinski definition) is 0. The Morgan fingerprint density at radius 2 is 2.02 bits per heavy atom. The van der Waals surface area contributed by atoms with Crippen LogP contribution in [0.4, 0.5) is 5.69 Å². The Balaban J connectivity index is 1.21. The smallest absolute Gasteiger partial charge is 0.246 e. The van der Waals surface area contributed by atoms with Gasteiger partial charge < -0.3 is 24.2 Å². The molecule has 9 heteroatoms.